The molecule has 7 atom stereocenters. The summed E-state index contributed by atoms with van der Waals surface area (Å²) in [5.41, 5.74) is 28.5. The number of guanidine groups is 1. The lowest BCUT2D eigenvalue weighted by Crippen LogP contribution is -2.61. The number of nitrogens with zero attached hydrogens (tertiary/aromatic N) is 2. The fourth-order valence-corrected chi connectivity index (χ4v) is 10.1. The molecule has 17 N–H and O–H groups in total. The van der Waals surface area contributed by atoms with Gasteiger partial charge in [0.15, 0.2) is 5.96 Å². The molecule has 2 aromatic carbocycles. The van der Waals surface area contributed by atoms with Crippen LogP contribution in [0.15, 0.2) is 65.7 Å². The summed E-state index contributed by atoms with van der Waals surface area (Å²) in [6.45, 7) is -0.372. The number of rotatable bonds is 20. The number of aliphatic imine (C=N–C) groups is 1. The second-order valence-corrected chi connectivity index (χ2v) is 20.1. The summed E-state index contributed by atoms with van der Waals surface area (Å²) in [7, 11) is 2.25. The number of carbonyl (C=O) groups excluding carboxylic acids is 11. The lowest BCUT2D eigenvalue weighted by Gasteiger charge is -2.31. The van der Waals surface area contributed by atoms with E-state index in [9.17, 15) is 52.7 Å². The molecule has 0 aromatic heterocycles. The fraction of sp³-hybridized carbons (Fsp3) is 0.489. The number of aryl methyl sites for hydroxylation is 1. The van der Waals surface area contributed by atoms with Gasteiger partial charge in [0.1, 0.15) is 42.3 Å². The topological polar surface area (TPSA) is 418 Å². The van der Waals surface area contributed by atoms with Crippen molar-refractivity contribution in [2.45, 2.75) is 113 Å². The van der Waals surface area contributed by atoms with Crippen LogP contribution in [0.25, 0.3) is 0 Å². The van der Waals surface area contributed by atoms with Crippen molar-refractivity contribution in [1.82, 2.24) is 42.1 Å². The summed E-state index contributed by atoms with van der Waals surface area (Å²) in [6.07, 6.45) is -0.559. The van der Waals surface area contributed by atoms with Crippen LogP contribution in [0.4, 0.5) is 0 Å². The first-order valence-corrected chi connectivity index (χ1v) is 26.4. The average molecular weight is 1070 g/mol. The van der Waals surface area contributed by atoms with Crippen molar-refractivity contribution < 1.29 is 52.7 Å². The monoisotopic (exact) mass is 1070 g/mol. The summed E-state index contributed by atoms with van der Waals surface area (Å²) >= 11 is 0. The standard InChI is InChI=1S/C47H66N14O11S2/c48-36(62)18-17-31-42(68)59-33(24-37(49)63)44(70)60-34(46(72)61-21-8-14-35(61)45(71)57-29(13-7-20-53-47(51)52)40(66)54-25-38(50)64)26-74-73-22-19-39(65)55-30(16-15-27-9-3-1-4-10-27)41(67)58-32(43(69)56-31)23-28-11-5-2-6-12-28/h1-6,9-12,29-35H,7-8,13-26H2,(H2,48,62)(H2,49,63)(H2,50,64)(H,54,66)(H,55,65)(H,56,69)(H,57,71)(H,58,67)(H,59,68)(H,60,70)(H4,51,52,53)/t29-,30-,31-,32-,33-,34-,35-/m0/s1. The van der Waals surface area contributed by atoms with Crippen LogP contribution >= 0.6 is 21.6 Å². The summed E-state index contributed by atoms with van der Waals surface area (Å²) in [5.74, 6) is -9.33. The Morgan fingerprint density at radius 3 is 1.95 bits per heavy atom. The first kappa shape index (κ1) is 59.1. The van der Waals surface area contributed by atoms with Gasteiger partial charge in [-0.3, -0.25) is 57.7 Å². The zero-order valence-electron chi connectivity index (χ0n) is 40.7. The molecule has 2 aliphatic rings. The van der Waals surface area contributed by atoms with Gasteiger partial charge in [-0.05, 0) is 56.1 Å². The van der Waals surface area contributed by atoms with Crippen molar-refractivity contribution in [1.29, 1.82) is 0 Å². The lowest BCUT2D eigenvalue weighted by atomic mass is 10.0. The molecule has 0 bridgehead atoms. The third-order valence-corrected chi connectivity index (χ3v) is 14.1. The third-order valence-electron chi connectivity index (χ3n) is 11.7. The van der Waals surface area contributed by atoms with E-state index < -0.39 is 133 Å². The highest BCUT2D eigenvalue weighted by Crippen LogP contribution is 2.26. The maximum absolute atomic E-state index is 14.6. The van der Waals surface area contributed by atoms with Crippen LogP contribution < -0.4 is 65.9 Å². The number of likely N-dealkylation sites (tertiary alicyclic amines) is 1. The lowest BCUT2D eigenvalue weighted by molar-refractivity contribution is -0.142. The molecule has 2 saturated heterocycles. The molecule has 2 aromatic rings. The Bertz CT molecular complexity index is 2350. The van der Waals surface area contributed by atoms with Gasteiger partial charge in [0.05, 0.1) is 13.0 Å². The largest absolute Gasteiger partial charge is 0.370 e. The maximum atomic E-state index is 14.6. The third kappa shape index (κ3) is 20.6. The molecule has 0 radical (unpaired) electrons. The van der Waals surface area contributed by atoms with Gasteiger partial charge in [-0.1, -0.05) is 82.3 Å². The van der Waals surface area contributed by atoms with Crippen LogP contribution in [-0.4, -0.2) is 149 Å². The Kier molecular flexibility index (Phi) is 24.4. The Balaban J connectivity index is 1.67. The molecule has 0 spiro atoms. The van der Waals surface area contributed by atoms with Crippen molar-refractivity contribution in [3.63, 3.8) is 0 Å². The van der Waals surface area contributed by atoms with Crippen molar-refractivity contribution in [2.75, 3.05) is 31.1 Å². The number of nitrogens with two attached hydrogens (primary N) is 5. The predicted molar refractivity (Wildman–Crippen MR) is 275 cm³/mol. The maximum Gasteiger partial charge on any atom is 0.246 e. The smallest absolute Gasteiger partial charge is 0.246 e. The Hall–Kier alpha value is -7.42. The van der Waals surface area contributed by atoms with Gasteiger partial charge < -0.3 is 70.8 Å². The minimum atomic E-state index is -1.75. The van der Waals surface area contributed by atoms with Crippen molar-refractivity contribution >= 4 is 92.5 Å². The van der Waals surface area contributed by atoms with E-state index in [0.29, 0.717) is 18.4 Å². The molecule has 2 heterocycles. The molecular weight excluding hydrogens is 1000 g/mol. The first-order valence-electron chi connectivity index (χ1n) is 23.9. The first-order chi connectivity index (χ1) is 35.3. The van der Waals surface area contributed by atoms with E-state index in [1.54, 1.807) is 30.3 Å². The molecule has 0 aliphatic carbocycles. The average Bonchev–Trinajstić information content (AvgIpc) is 3.86. The van der Waals surface area contributed by atoms with Crippen LogP contribution in [0.1, 0.15) is 68.9 Å². The Labute approximate surface area is 435 Å². The van der Waals surface area contributed by atoms with E-state index in [-0.39, 0.29) is 69.1 Å². The molecular formula is C47H66N14O11S2. The number of carbonyl (C=O) groups is 11. The van der Waals surface area contributed by atoms with Gasteiger partial charge >= 0.3 is 0 Å². The fourth-order valence-electron chi connectivity index (χ4n) is 7.93. The highest BCUT2D eigenvalue weighted by Gasteiger charge is 2.40. The van der Waals surface area contributed by atoms with E-state index in [0.717, 1.165) is 27.2 Å². The summed E-state index contributed by atoms with van der Waals surface area (Å²) in [4.78, 5) is 153. The molecule has 11 amide bonds. The zero-order chi connectivity index (χ0) is 54.2. The highest BCUT2D eigenvalue weighted by molar-refractivity contribution is 8.76. The normalized spacial score (nSPS) is 21.7. The number of nitrogens with one attached hydrogen (secondary N) is 7. The van der Waals surface area contributed by atoms with Crippen LogP contribution in [-0.2, 0) is 65.6 Å². The van der Waals surface area contributed by atoms with Crippen molar-refractivity contribution in [3.8, 4) is 0 Å². The molecule has 74 heavy (non-hydrogen) atoms. The van der Waals surface area contributed by atoms with Crippen LogP contribution in [0.3, 0.4) is 0 Å². The van der Waals surface area contributed by atoms with E-state index in [1.807, 2.05) is 30.3 Å². The molecule has 25 nitrogen and oxygen atoms in total. The van der Waals surface area contributed by atoms with Gasteiger partial charge in [-0.15, -0.1) is 0 Å². The van der Waals surface area contributed by atoms with Crippen LogP contribution in [0.5, 0.6) is 0 Å². The summed E-state index contributed by atoms with van der Waals surface area (Å²) in [5, 5.41) is 18.1. The molecule has 0 saturated carbocycles. The molecule has 4 rings (SSSR count). The molecule has 2 fully saturated rings. The SMILES string of the molecule is NC(=O)CC[C@@H]1NC(=O)[C@H](Cc2ccccc2)NC(=O)[C@H](CCc2ccccc2)NC(=O)CCSSC[C@@H](C(=O)N2CCC[C@H]2C(=O)N[C@@H](CCCN=C(N)N)C(=O)NCC(N)=O)NC(=O)[C@H](CC(N)=O)NC1=O. The van der Waals surface area contributed by atoms with E-state index in [2.05, 4.69) is 42.2 Å². The van der Waals surface area contributed by atoms with E-state index in [4.69, 9.17) is 28.7 Å². The Morgan fingerprint density at radius 1 is 0.703 bits per heavy atom. The van der Waals surface area contributed by atoms with Gasteiger partial charge in [-0.25, -0.2) is 0 Å². The zero-order valence-corrected chi connectivity index (χ0v) is 42.4. The van der Waals surface area contributed by atoms with E-state index in [1.165, 1.54) is 4.90 Å². The highest BCUT2D eigenvalue weighted by atomic mass is 33.1. The van der Waals surface area contributed by atoms with Gasteiger partial charge in [0.2, 0.25) is 65.0 Å². The van der Waals surface area contributed by atoms with Crippen molar-refractivity contribution in [3.05, 3.63) is 71.8 Å². The number of hydrogen-bond acceptors (Lipinski definition) is 14. The van der Waals surface area contributed by atoms with E-state index >= 15 is 0 Å². The molecule has 0 unspecified atom stereocenters. The number of primary amides is 3. The number of benzene rings is 2. The quantitative estimate of drug-likeness (QED) is 0.0263. The second kappa shape index (κ2) is 30.6. The van der Waals surface area contributed by atoms with Crippen LogP contribution in [0, 0.1) is 0 Å². The number of hydrogen-bond donors (Lipinski definition) is 12. The van der Waals surface area contributed by atoms with Crippen LogP contribution in [0.2, 0.25) is 0 Å². The Morgan fingerprint density at radius 2 is 1.31 bits per heavy atom. The molecule has 2 aliphatic heterocycles. The molecule has 27 heteroatoms. The van der Waals surface area contributed by atoms with Gasteiger partial charge in [0, 0.05) is 43.9 Å². The second-order valence-electron chi connectivity index (χ2n) is 17.5. The summed E-state index contributed by atoms with van der Waals surface area (Å²) < 4.78 is 0. The molecule has 402 valence electrons. The minimum Gasteiger partial charge on any atom is -0.370 e. The summed E-state index contributed by atoms with van der Waals surface area (Å²) in [6, 6.07) is 8.24. The van der Waals surface area contributed by atoms with Crippen molar-refractivity contribution in [2.24, 2.45) is 33.7 Å². The van der Waals surface area contributed by atoms with Gasteiger partial charge in [-0.2, -0.15) is 0 Å². The predicted octanol–water partition coefficient (Wildman–Crippen LogP) is -3.66. The van der Waals surface area contributed by atoms with Gasteiger partial charge in [0.25, 0.3) is 0 Å². The minimum absolute atomic E-state index is 0.0220. The number of amides is 11.